The van der Waals surface area contributed by atoms with E-state index in [9.17, 15) is 4.79 Å². The lowest BCUT2D eigenvalue weighted by atomic mass is 10.0. The Labute approximate surface area is 113 Å². The van der Waals surface area contributed by atoms with E-state index in [1.807, 2.05) is 0 Å². The van der Waals surface area contributed by atoms with Crippen molar-refractivity contribution >= 4 is 5.91 Å². The second kappa shape index (κ2) is 9.41. The third-order valence-electron chi connectivity index (χ3n) is 4.12. The zero-order chi connectivity index (χ0) is 13.2. The van der Waals surface area contributed by atoms with Gasteiger partial charge in [-0.1, -0.05) is 58.3 Å². The number of rotatable bonds is 10. The number of nitrogens with zero attached hydrogens (tertiary/aromatic N) is 1. The van der Waals surface area contributed by atoms with E-state index in [4.69, 9.17) is 0 Å². The minimum absolute atomic E-state index is 0.377. The first-order valence-electron chi connectivity index (χ1n) is 8.05. The second-order valence-electron chi connectivity index (χ2n) is 5.80. The molecular weight excluding hydrogens is 222 g/mol. The van der Waals surface area contributed by atoms with E-state index in [0.29, 0.717) is 11.9 Å². The zero-order valence-electron chi connectivity index (χ0n) is 12.4. The quantitative estimate of drug-likeness (QED) is 0.524. The summed E-state index contributed by atoms with van der Waals surface area (Å²) >= 11 is 0. The smallest absolute Gasteiger partial charge is 0.222 e. The Bertz CT molecular complexity index is 227. The fourth-order valence-corrected chi connectivity index (χ4v) is 2.86. The van der Waals surface area contributed by atoms with E-state index < -0.39 is 0 Å². The molecule has 0 spiro atoms. The van der Waals surface area contributed by atoms with Gasteiger partial charge in [-0.3, -0.25) is 4.79 Å². The number of amides is 1. The van der Waals surface area contributed by atoms with Gasteiger partial charge in [0, 0.05) is 19.0 Å². The van der Waals surface area contributed by atoms with Crippen molar-refractivity contribution in [2.45, 2.75) is 90.5 Å². The van der Waals surface area contributed by atoms with E-state index in [1.54, 1.807) is 0 Å². The number of carbonyl (C=O) groups is 1. The van der Waals surface area contributed by atoms with Crippen LogP contribution in [0.1, 0.15) is 84.5 Å². The zero-order valence-corrected chi connectivity index (χ0v) is 12.4. The number of unbranched alkanes of at least 4 members (excludes halogenated alkanes) is 7. The maximum absolute atomic E-state index is 11.6. The maximum Gasteiger partial charge on any atom is 0.222 e. The van der Waals surface area contributed by atoms with Crippen LogP contribution >= 0.6 is 0 Å². The summed E-state index contributed by atoms with van der Waals surface area (Å²) < 4.78 is 0. The second-order valence-corrected chi connectivity index (χ2v) is 5.80. The van der Waals surface area contributed by atoms with E-state index >= 15 is 0 Å². The average molecular weight is 253 g/mol. The third kappa shape index (κ3) is 5.88. The minimum Gasteiger partial charge on any atom is -0.340 e. The minimum atomic E-state index is 0.377. The fourth-order valence-electron chi connectivity index (χ4n) is 2.86. The van der Waals surface area contributed by atoms with Crippen LogP contribution in [0, 0.1) is 0 Å². The van der Waals surface area contributed by atoms with Gasteiger partial charge in [-0.15, -0.1) is 0 Å². The SMILES string of the molecule is CCCCCCCCCCC(C)N1CCCC1=O. The molecule has 1 aliphatic rings. The fraction of sp³-hybridized carbons (Fsp3) is 0.938. The third-order valence-corrected chi connectivity index (χ3v) is 4.12. The topological polar surface area (TPSA) is 20.3 Å². The predicted molar refractivity (Wildman–Crippen MR) is 77.6 cm³/mol. The summed E-state index contributed by atoms with van der Waals surface area (Å²) in [6.07, 6.45) is 14.0. The van der Waals surface area contributed by atoms with Crippen molar-refractivity contribution in [2.75, 3.05) is 6.54 Å². The molecule has 0 N–H and O–H groups in total. The molecule has 1 amide bonds. The monoisotopic (exact) mass is 253 g/mol. The van der Waals surface area contributed by atoms with Crippen molar-refractivity contribution in [1.82, 2.24) is 4.90 Å². The summed E-state index contributed by atoms with van der Waals surface area (Å²) in [4.78, 5) is 13.7. The number of hydrogen-bond acceptors (Lipinski definition) is 1. The van der Waals surface area contributed by atoms with Crippen LogP contribution in [0.25, 0.3) is 0 Å². The summed E-state index contributed by atoms with van der Waals surface area (Å²) in [7, 11) is 0. The Hall–Kier alpha value is -0.530. The van der Waals surface area contributed by atoms with Gasteiger partial charge in [0.25, 0.3) is 0 Å². The van der Waals surface area contributed by atoms with Gasteiger partial charge in [0.15, 0.2) is 0 Å². The van der Waals surface area contributed by atoms with Gasteiger partial charge in [-0.05, 0) is 19.8 Å². The summed E-state index contributed by atoms with van der Waals surface area (Å²) in [5.74, 6) is 0.377. The van der Waals surface area contributed by atoms with Crippen LogP contribution in [-0.4, -0.2) is 23.4 Å². The Morgan fingerprint density at radius 1 is 1.06 bits per heavy atom. The molecule has 1 atom stereocenters. The highest BCUT2D eigenvalue weighted by Crippen LogP contribution is 2.18. The van der Waals surface area contributed by atoms with Crippen molar-refractivity contribution in [3.8, 4) is 0 Å². The van der Waals surface area contributed by atoms with Crippen molar-refractivity contribution < 1.29 is 4.79 Å². The molecule has 0 aromatic rings. The number of likely N-dealkylation sites (tertiary alicyclic amines) is 1. The molecule has 1 unspecified atom stereocenters. The summed E-state index contributed by atoms with van der Waals surface area (Å²) in [5, 5.41) is 0. The van der Waals surface area contributed by atoms with Crippen molar-refractivity contribution in [2.24, 2.45) is 0 Å². The molecule has 1 heterocycles. The van der Waals surface area contributed by atoms with Gasteiger partial charge in [0.2, 0.25) is 5.91 Å². The van der Waals surface area contributed by atoms with Gasteiger partial charge < -0.3 is 4.90 Å². The number of hydrogen-bond donors (Lipinski definition) is 0. The molecule has 1 fully saturated rings. The molecule has 106 valence electrons. The van der Waals surface area contributed by atoms with Gasteiger partial charge in [-0.25, -0.2) is 0 Å². The van der Waals surface area contributed by atoms with Crippen LogP contribution in [0.15, 0.2) is 0 Å². The Morgan fingerprint density at radius 2 is 1.67 bits per heavy atom. The molecule has 18 heavy (non-hydrogen) atoms. The first-order valence-corrected chi connectivity index (χ1v) is 8.05. The number of carbonyl (C=O) groups excluding carboxylic acids is 1. The van der Waals surface area contributed by atoms with Crippen LogP contribution in [0.4, 0.5) is 0 Å². The molecule has 0 aliphatic carbocycles. The predicted octanol–water partition coefficient (Wildman–Crippen LogP) is 4.53. The Kier molecular flexibility index (Phi) is 8.11. The summed E-state index contributed by atoms with van der Waals surface area (Å²) in [6, 6.07) is 0.472. The normalized spacial score (nSPS) is 17.4. The summed E-state index contributed by atoms with van der Waals surface area (Å²) in [5.41, 5.74) is 0. The highest BCUT2D eigenvalue weighted by Gasteiger charge is 2.24. The Morgan fingerprint density at radius 3 is 2.22 bits per heavy atom. The average Bonchev–Trinajstić information content (AvgIpc) is 2.79. The van der Waals surface area contributed by atoms with Gasteiger partial charge in [-0.2, -0.15) is 0 Å². The van der Waals surface area contributed by atoms with Crippen LogP contribution in [0.2, 0.25) is 0 Å². The standard InChI is InChI=1S/C16H31NO/c1-3-4-5-6-7-8-9-10-12-15(2)17-14-11-13-16(17)18/h15H,3-14H2,1-2H3. The van der Waals surface area contributed by atoms with Crippen LogP contribution in [-0.2, 0) is 4.79 Å². The first-order chi connectivity index (χ1) is 8.75. The van der Waals surface area contributed by atoms with E-state index in [2.05, 4.69) is 18.7 Å². The molecule has 0 radical (unpaired) electrons. The lowest BCUT2D eigenvalue weighted by molar-refractivity contribution is -0.129. The molecule has 0 aromatic carbocycles. The lowest BCUT2D eigenvalue weighted by Gasteiger charge is -2.24. The molecular formula is C16H31NO. The lowest BCUT2D eigenvalue weighted by Crippen LogP contribution is -2.33. The molecule has 2 heteroatoms. The highest BCUT2D eigenvalue weighted by molar-refractivity contribution is 5.78. The largest absolute Gasteiger partial charge is 0.340 e. The maximum atomic E-state index is 11.6. The van der Waals surface area contributed by atoms with E-state index in [0.717, 1.165) is 19.4 Å². The van der Waals surface area contributed by atoms with Crippen molar-refractivity contribution in [3.63, 3.8) is 0 Å². The molecule has 1 saturated heterocycles. The Balaban J connectivity index is 1.92. The molecule has 0 saturated carbocycles. The van der Waals surface area contributed by atoms with Crippen molar-refractivity contribution in [1.29, 1.82) is 0 Å². The van der Waals surface area contributed by atoms with Gasteiger partial charge >= 0.3 is 0 Å². The van der Waals surface area contributed by atoms with Gasteiger partial charge in [0.05, 0.1) is 0 Å². The van der Waals surface area contributed by atoms with Gasteiger partial charge in [0.1, 0.15) is 0 Å². The van der Waals surface area contributed by atoms with E-state index in [-0.39, 0.29) is 0 Å². The molecule has 2 nitrogen and oxygen atoms in total. The highest BCUT2D eigenvalue weighted by atomic mass is 16.2. The van der Waals surface area contributed by atoms with Crippen LogP contribution in [0.3, 0.4) is 0 Å². The molecule has 1 rings (SSSR count). The van der Waals surface area contributed by atoms with E-state index in [1.165, 1.54) is 57.8 Å². The first kappa shape index (κ1) is 15.5. The summed E-state index contributed by atoms with van der Waals surface area (Å²) in [6.45, 7) is 5.47. The molecule has 0 aromatic heterocycles. The molecule has 1 aliphatic heterocycles. The van der Waals surface area contributed by atoms with Crippen LogP contribution in [0.5, 0.6) is 0 Å². The van der Waals surface area contributed by atoms with Crippen LogP contribution < -0.4 is 0 Å². The van der Waals surface area contributed by atoms with Crippen molar-refractivity contribution in [3.05, 3.63) is 0 Å². The molecule has 0 bridgehead atoms.